The minimum atomic E-state index is -0.405. The zero-order valence-electron chi connectivity index (χ0n) is 8.85. The van der Waals surface area contributed by atoms with Crippen LogP contribution < -0.4 is 11.5 Å². The predicted molar refractivity (Wildman–Crippen MR) is 56.6 cm³/mol. The van der Waals surface area contributed by atoms with E-state index in [4.69, 9.17) is 16.7 Å². The lowest BCUT2D eigenvalue weighted by atomic mass is 9.93. The van der Waals surface area contributed by atoms with Crippen LogP contribution in [0.25, 0.3) is 0 Å². The zero-order valence-corrected chi connectivity index (χ0v) is 8.85. The lowest BCUT2D eigenvalue weighted by molar-refractivity contribution is -0.119. The molecule has 0 saturated carbocycles. The molecule has 1 amide bonds. The average molecular weight is 210 g/mol. The molecule has 0 aromatic rings. The summed E-state index contributed by atoms with van der Waals surface area (Å²) in [4.78, 5) is 12.9. The molecule has 0 aromatic heterocycles. The first-order valence-electron chi connectivity index (χ1n) is 5.27. The molecule has 1 saturated heterocycles. The molecule has 1 unspecified atom stereocenters. The first kappa shape index (κ1) is 12.0. The van der Waals surface area contributed by atoms with Crippen molar-refractivity contribution in [2.24, 2.45) is 17.4 Å². The molecule has 84 valence electrons. The van der Waals surface area contributed by atoms with Crippen molar-refractivity contribution in [2.75, 3.05) is 19.6 Å². The molecule has 1 heterocycles. The molecule has 5 nitrogen and oxygen atoms in total. The van der Waals surface area contributed by atoms with E-state index in [0.717, 1.165) is 25.9 Å². The van der Waals surface area contributed by atoms with E-state index in [9.17, 15) is 4.79 Å². The molecule has 1 rings (SSSR count). The zero-order chi connectivity index (χ0) is 11.3. The Kier molecular flexibility index (Phi) is 4.53. The molecular weight excluding hydrogens is 192 g/mol. The Morgan fingerprint density at radius 3 is 2.60 bits per heavy atom. The number of amides is 1. The third-order valence-electron chi connectivity index (χ3n) is 2.82. The summed E-state index contributed by atoms with van der Waals surface area (Å²) in [6.45, 7) is 2.44. The highest BCUT2D eigenvalue weighted by Crippen LogP contribution is 2.19. The molecule has 0 spiro atoms. The van der Waals surface area contributed by atoms with E-state index >= 15 is 0 Å². The Morgan fingerprint density at radius 2 is 2.13 bits per heavy atom. The van der Waals surface area contributed by atoms with Crippen LogP contribution in [0.3, 0.4) is 0 Å². The van der Waals surface area contributed by atoms with Gasteiger partial charge in [-0.25, -0.2) is 0 Å². The van der Waals surface area contributed by atoms with Crippen LogP contribution in [0.5, 0.6) is 0 Å². The number of rotatable bonds is 4. The van der Waals surface area contributed by atoms with Gasteiger partial charge in [-0.2, -0.15) is 5.26 Å². The van der Waals surface area contributed by atoms with Gasteiger partial charge < -0.3 is 16.4 Å². The van der Waals surface area contributed by atoms with Crippen molar-refractivity contribution in [3.05, 3.63) is 0 Å². The van der Waals surface area contributed by atoms with E-state index in [1.165, 1.54) is 0 Å². The summed E-state index contributed by atoms with van der Waals surface area (Å²) in [6, 6.07) is 1.61. The number of likely N-dealkylation sites (tertiary alicyclic amines) is 1. The number of carbonyl (C=O) groups is 1. The topological polar surface area (TPSA) is 96.1 Å². The fraction of sp³-hybridized carbons (Fsp3) is 0.800. The number of nitrogens with zero attached hydrogens (tertiary/aromatic N) is 2. The maximum absolute atomic E-state index is 10.7. The Labute approximate surface area is 90.0 Å². The normalized spacial score (nSPS) is 20.8. The van der Waals surface area contributed by atoms with E-state index in [2.05, 4.69) is 4.90 Å². The van der Waals surface area contributed by atoms with Gasteiger partial charge in [0.25, 0.3) is 0 Å². The third kappa shape index (κ3) is 4.28. The van der Waals surface area contributed by atoms with Crippen LogP contribution in [0.2, 0.25) is 0 Å². The van der Waals surface area contributed by atoms with Gasteiger partial charge in [0.15, 0.2) is 0 Å². The van der Waals surface area contributed by atoms with Crippen molar-refractivity contribution in [1.29, 1.82) is 5.26 Å². The van der Waals surface area contributed by atoms with Crippen LogP contribution in [0, 0.1) is 17.2 Å². The van der Waals surface area contributed by atoms with E-state index in [1.807, 2.05) is 6.07 Å². The van der Waals surface area contributed by atoms with Gasteiger partial charge >= 0.3 is 0 Å². The van der Waals surface area contributed by atoms with Crippen molar-refractivity contribution in [3.63, 3.8) is 0 Å². The highest BCUT2D eigenvalue weighted by Gasteiger charge is 2.21. The van der Waals surface area contributed by atoms with Crippen molar-refractivity contribution in [1.82, 2.24) is 4.90 Å². The van der Waals surface area contributed by atoms with Crippen LogP contribution in [-0.4, -0.2) is 36.5 Å². The number of hydrogen-bond acceptors (Lipinski definition) is 4. The lowest BCUT2D eigenvalue weighted by Gasteiger charge is -2.31. The molecule has 1 fully saturated rings. The van der Waals surface area contributed by atoms with Gasteiger partial charge in [-0.1, -0.05) is 0 Å². The summed E-state index contributed by atoms with van der Waals surface area (Å²) in [5.74, 6) is 0.194. The number of carbonyl (C=O) groups excluding carboxylic acids is 1. The largest absolute Gasteiger partial charge is 0.370 e. The average Bonchev–Trinajstić information content (AvgIpc) is 2.20. The van der Waals surface area contributed by atoms with Crippen LogP contribution in [0.15, 0.2) is 0 Å². The maximum Gasteiger partial charge on any atom is 0.217 e. The second-order valence-electron chi connectivity index (χ2n) is 4.15. The SMILES string of the molecule is N#CC(N)CN1CCC(CC(N)=O)CC1. The fourth-order valence-corrected chi connectivity index (χ4v) is 1.98. The van der Waals surface area contributed by atoms with Gasteiger partial charge in [0.05, 0.1) is 6.07 Å². The summed E-state index contributed by atoms with van der Waals surface area (Å²) in [5.41, 5.74) is 10.7. The fourth-order valence-electron chi connectivity index (χ4n) is 1.98. The third-order valence-corrected chi connectivity index (χ3v) is 2.82. The highest BCUT2D eigenvalue weighted by atomic mass is 16.1. The van der Waals surface area contributed by atoms with Crippen molar-refractivity contribution >= 4 is 5.91 Å². The monoisotopic (exact) mass is 210 g/mol. The summed E-state index contributed by atoms with van der Waals surface area (Å²) in [6.07, 6.45) is 2.43. The van der Waals surface area contributed by atoms with E-state index in [1.54, 1.807) is 0 Å². The van der Waals surface area contributed by atoms with Crippen molar-refractivity contribution < 1.29 is 4.79 Å². The summed E-state index contributed by atoms with van der Waals surface area (Å²) in [5, 5.41) is 8.57. The lowest BCUT2D eigenvalue weighted by Crippen LogP contribution is -2.41. The number of nitrogens with two attached hydrogens (primary N) is 2. The summed E-state index contributed by atoms with van der Waals surface area (Å²) in [7, 11) is 0. The van der Waals surface area contributed by atoms with Crippen molar-refractivity contribution in [2.45, 2.75) is 25.3 Å². The Hall–Kier alpha value is -1.12. The number of primary amides is 1. The molecule has 1 aliphatic heterocycles. The van der Waals surface area contributed by atoms with Crippen LogP contribution >= 0.6 is 0 Å². The second-order valence-corrected chi connectivity index (χ2v) is 4.15. The van der Waals surface area contributed by atoms with Crippen LogP contribution in [-0.2, 0) is 4.79 Å². The molecule has 15 heavy (non-hydrogen) atoms. The standard InChI is InChI=1S/C10H18N4O/c11-6-9(12)7-14-3-1-8(2-4-14)5-10(13)15/h8-9H,1-5,7,12H2,(H2,13,15). The molecule has 0 aromatic carbocycles. The van der Waals surface area contributed by atoms with E-state index in [-0.39, 0.29) is 5.91 Å². The first-order valence-corrected chi connectivity index (χ1v) is 5.27. The van der Waals surface area contributed by atoms with Gasteiger partial charge in [-0.15, -0.1) is 0 Å². The van der Waals surface area contributed by atoms with E-state index in [0.29, 0.717) is 18.9 Å². The summed E-state index contributed by atoms with van der Waals surface area (Å²) < 4.78 is 0. The minimum Gasteiger partial charge on any atom is -0.370 e. The molecule has 1 atom stereocenters. The van der Waals surface area contributed by atoms with Crippen molar-refractivity contribution in [3.8, 4) is 6.07 Å². The number of piperidine rings is 1. The molecule has 5 heteroatoms. The Bertz CT molecular complexity index is 253. The highest BCUT2D eigenvalue weighted by molar-refractivity contribution is 5.73. The van der Waals surface area contributed by atoms with Gasteiger partial charge in [0, 0.05) is 13.0 Å². The summed E-state index contributed by atoms with van der Waals surface area (Å²) >= 11 is 0. The minimum absolute atomic E-state index is 0.220. The maximum atomic E-state index is 10.7. The van der Waals surface area contributed by atoms with Gasteiger partial charge in [-0.3, -0.25) is 4.79 Å². The van der Waals surface area contributed by atoms with Gasteiger partial charge in [0.1, 0.15) is 6.04 Å². The number of hydrogen-bond donors (Lipinski definition) is 2. The van der Waals surface area contributed by atoms with Crippen LogP contribution in [0.4, 0.5) is 0 Å². The smallest absolute Gasteiger partial charge is 0.217 e. The number of nitriles is 1. The Balaban J connectivity index is 2.24. The van der Waals surface area contributed by atoms with Gasteiger partial charge in [-0.05, 0) is 31.8 Å². The second kappa shape index (κ2) is 5.69. The van der Waals surface area contributed by atoms with E-state index < -0.39 is 6.04 Å². The quantitative estimate of drug-likeness (QED) is 0.649. The molecule has 0 bridgehead atoms. The molecule has 1 aliphatic rings. The first-order chi connectivity index (χ1) is 7.11. The molecular formula is C10H18N4O. The van der Waals surface area contributed by atoms with Crippen LogP contribution in [0.1, 0.15) is 19.3 Å². The molecule has 0 aliphatic carbocycles. The van der Waals surface area contributed by atoms with Gasteiger partial charge in [0.2, 0.25) is 5.91 Å². The Morgan fingerprint density at radius 1 is 1.53 bits per heavy atom. The molecule has 0 radical (unpaired) electrons. The predicted octanol–water partition coefficient (Wildman–Crippen LogP) is -0.575. The molecule has 4 N–H and O–H groups in total.